The molecule has 0 fully saturated rings. The van der Waals surface area contributed by atoms with Gasteiger partial charge in [0.1, 0.15) is 5.76 Å². The molecule has 7 heteroatoms. The number of hydrogen-bond donors (Lipinski definition) is 0. The molecule has 0 aromatic heterocycles. The summed E-state index contributed by atoms with van der Waals surface area (Å²) in [6.07, 6.45) is 13.7. The summed E-state index contributed by atoms with van der Waals surface area (Å²) in [5, 5.41) is 0. The summed E-state index contributed by atoms with van der Waals surface area (Å²) in [4.78, 5) is 0. The van der Waals surface area contributed by atoms with Gasteiger partial charge in [-0.15, -0.1) is 0 Å². The van der Waals surface area contributed by atoms with Crippen LogP contribution in [-0.4, -0.2) is 6.61 Å². The van der Waals surface area contributed by atoms with E-state index in [1.54, 1.807) is 5.57 Å². The third kappa shape index (κ3) is 16.7. The van der Waals surface area contributed by atoms with E-state index in [1.807, 2.05) is 6.26 Å². The van der Waals surface area contributed by atoms with E-state index in [2.05, 4.69) is 116 Å². The quantitative estimate of drug-likeness (QED) is 0.227. The van der Waals surface area contributed by atoms with Crippen molar-refractivity contribution >= 4 is 74.5 Å². The summed E-state index contributed by atoms with van der Waals surface area (Å²) in [7, 11) is 0. The molecule has 2 nitrogen and oxygen atoms in total. The Kier molecular flexibility index (Phi) is 29.4. The zero-order valence-corrected chi connectivity index (χ0v) is 30.9. The molecule has 0 N–H and O–H groups in total. The molecule has 31 heavy (non-hydrogen) atoms. The Balaban J connectivity index is 0. The van der Waals surface area contributed by atoms with Gasteiger partial charge in [-0.05, 0) is 74.0 Å². The van der Waals surface area contributed by atoms with E-state index >= 15 is 0 Å². The van der Waals surface area contributed by atoms with E-state index in [1.165, 1.54) is 54.8 Å². The molecule has 0 bridgehead atoms. The standard InChI is InChI=1S/C12H22O.C12H20O.I3.I2/c2*1-4-7-12-11(6-3)8-10(5-2)9-13-12;1-3-2;1-2/h10H,4-9H2,1-3H3;9H,4-8H2,1-3H3;;/q;;-1;. The van der Waals surface area contributed by atoms with Crippen LogP contribution in [0.1, 0.15) is 106 Å². The van der Waals surface area contributed by atoms with Crippen LogP contribution in [-0.2, 0) is 9.47 Å². The molecule has 2 aliphatic rings. The Bertz CT molecular complexity index is 514. The summed E-state index contributed by atoms with van der Waals surface area (Å²) < 4.78 is 11.4. The number of halogens is 5. The van der Waals surface area contributed by atoms with Gasteiger partial charge >= 0.3 is 50.5 Å². The monoisotopic (exact) mass is 997 g/mol. The van der Waals surface area contributed by atoms with Gasteiger partial charge in [0.05, 0.1) is 18.6 Å². The third-order valence-electron chi connectivity index (χ3n) is 5.46. The minimum absolute atomic E-state index is 0.530. The normalized spacial score (nSPS) is 17.7. The number of ether oxygens (including phenoxy) is 2. The molecule has 0 saturated heterocycles. The zero-order valence-electron chi connectivity index (χ0n) is 20.1. The first-order valence-corrected chi connectivity index (χ1v) is 30.3. The Hall–Kier alpha value is 2.47. The first-order valence-electron chi connectivity index (χ1n) is 11.4. The summed E-state index contributed by atoms with van der Waals surface area (Å²) >= 11 is 9.54. The fourth-order valence-electron chi connectivity index (χ4n) is 3.57. The maximum absolute atomic E-state index is 5.80. The van der Waals surface area contributed by atoms with Crippen LogP contribution in [0.25, 0.3) is 0 Å². The average Bonchev–Trinajstić information content (AvgIpc) is 2.82. The Morgan fingerprint density at radius 3 is 1.87 bits per heavy atom. The van der Waals surface area contributed by atoms with Gasteiger partial charge in [0.2, 0.25) is 0 Å². The van der Waals surface area contributed by atoms with E-state index < -0.39 is 0 Å². The molecule has 0 aromatic carbocycles. The first kappa shape index (κ1) is 35.6. The topological polar surface area (TPSA) is 18.5 Å². The van der Waals surface area contributed by atoms with Crippen LogP contribution in [0.3, 0.4) is 0 Å². The molecule has 0 radical (unpaired) electrons. The van der Waals surface area contributed by atoms with E-state index in [-0.39, 0.29) is 0 Å². The van der Waals surface area contributed by atoms with Crippen molar-refractivity contribution in [2.75, 3.05) is 6.61 Å². The molecule has 0 aliphatic carbocycles. The van der Waals surface area contributed by atoms with Crippen LogP contribution in [0.2, 0.25) is 0 Å². The van der Waals surface area contributed by atoms with Crippen molar-refractivity contribution in [2.45, 2.75) is 106 Å². The van der Waals surface area contributed by atoms with Crippen molar-refractivity contribution in [1.82, 2.24) is 0 Å². The zero-order chi connectivity index (χ0) is 24.1. The molecule has 2 aliphatic heterocycles. The van der Waals surface area contributed by atoms with Crippen molar-refractivity contribution in [1.29, 1.82) is 0 Å². The fraction of sp³-hybridized carbons (Fsp3) is 0.750. The molecule has 2 heterocycles. The molecule has 0 saturated carbocycles. The van der Waals surface area contributed by atoms with Crippen LogP contribution in [0.4, 0.5) is 0 Å². The SMILES string of the molecule is CCCC1=C(CC)CC(CC)=CO1.CCCC1=C(CC)CC(CC)CO1.II.I[I-]I. The molecule has 1 unspecified atom stereocenters. The van der Waals surface area contributed by atoms with Crippen LogP contribution >= 0.6 is 74.5 Å². The van der Waals surface area contributed by atoms with E-state index in [0.717, 1.165) is 44.6 Å². The first-order chi connectivity index (χ1) is 15.0. The summed E-state index contributed by atoms with van der Waals surface area (Å²) in [5.41, 5.74) is 4.50. The molecular formula is C24H42I5O2-. The third-order valence-corrected chi connectivity index (χ3v) is 5.46. The van der Waals surface area contributed by atoms with E-state index in [4.69, 9.17) is 9.47 Å². The second-order valence-corrected chi connectivity index (χ2v) is 23.8. The van der Waals surface area contributed by atoms with Crippen molar-refractivity contribution < 1.29 is 22.7 Å². The van der Waals surface area contributed by atoms with Gasteiger partial charge in [-0.25, -0.2) is 0 Å². The summed E-state index contributed by atoms with van der Waals surface area (Å²) in [5.74, 6) is 3.30. The Labute approximate surface area is 246 Å². The average molecular weight is 997 g/mol. The van der Waals surface area contributed by atoms with Crippen molar-refractivity contribution in [2.24, 2.45) is 5.92 Å². The van der Waals surface area contributed by atoms with Crippen molar-refractivity contribution in [3.63, 3.8) is 0 Å². The Morgan fingerprint density at radius 2 is 1.42 bits per heavy atom. The van der Waals surface area contributed by atoms with Gasteiger partial charge in [0, 0.05) is 50.1 Å². The van der Waals surface area contributed by atoms with Gasteiger partial charge < -0.3 is 9.47 Å². The predicted octanol–water partition coefficient (Wildman–Crippen LogP) is 8.61. The Morgan fingerprint density at radius 1 is 0.871 bits per heavy atom. The molecule has 186 valence electrons. The molecule has 1 atom stereocenters. The predicted molar refractivity (Wildman–Crippen MR) is 169 cm³/mol. The maximum atomic E-state index is 5.80. The van der Waals surface area contributed by atoms with Crippen LogP contribution < -0.4 is 13.3 Å². The van der Waals surface area contributed by atoms with Crippen LogP contribution in [0, 0.1) is 5.92 Å². The van der Waals surface area contributed by atoms with Gasteiger partial charge in [0.25, 0.3) is 0 Å². The molecular weight excluding hydrogens is 955 g/mol. The molecule has 0 spiro atoms. The van der Waals surface area contributed by atoms with Crippen molar-refractivity contribution in [3.05, 3.63) is 34.5 Å². The van der Waals surface area contributed by atoms with Crippen LogP contribution in [0.5, 0.6) is 0 Å². The second kappa shape index (κ2) is 25.6. The van der Waals surface area contributed by atoms with E-state index in [9.17, 15) is 0 Å². The molecule has 2 rings (SSSR count). The van der Waals surface area contributed by atoms with Gasteiger partial charge in [0.15, 0.2) is 0 Å². The van der Waals surface area contributed by atoms with Crippen LogP contribution in [0.15, 0.2) is 34.5 Å². The van der Waals surface area contributed by atoms with Gasteiger partial charge in [-0.2, -0.15) is 0 Å². The van der Waals surface area contributed by atoms with E-state index in [0.29, 0.717) is 13.3 Å². The minimum atomic E-state index is 0.530. The summed E-state index contributed by atoms with van der Waals surface area (Å²) in [6, 6.07) is 0. The number of allylic oxidation sites excluding steroid dienone is 5. The fourth-order valence-corrected chi connectivity index (χ4v) is 3.57. The van der Waals surface area contributed by atoms with Crippen molar-refractivity contribution in [3.8, 4) is 0 Å². The summed E-state index contributed by atoms with van der Waals surface area (Å²) in [6.45, 7) is 14.3. The van der Waals surface area contributed by atoms with Gasteiger partial charge in [-0.3, -0.25) is 0 Å². The number of rotatable bonds is 8. The van der Waals surface area contributed by atoms with Gasteiger partial charge in [-0.1, -0.05) is 41.5 Å². The second-order valence-electron chi connectivity index (χ2n) is 7.53. The number of hydrogen-bond acceptors (Lipinski definition) is 2. The molecule has 0 aromatic rings. The molecule has 0 amide bonds.